The molecule has 0 bridgehead atoms. The molecular weight excluding hydrogens is 416 g/mol. The van der Waals surface area contributed by atoms with Crippen LogP contribution in [0.1, 0.15) is 12.7 Å². The van der Waals surface area contributed by atoms with Gasteiger partial charge in [0, 0.05) is 12.2 Å². The number of anilines is 2. The molecule has 2 N–H and O–H groups in total. The first-order chi connectivity index (χ1) is 15.0. The Balaban J connectivity index is 1.45. The minimum atomic E-state index is -3.80. The lowest BCUT2D eigenvalue weighted by molar-refractivity contribution is 0.411. The van der Waals surface area contributed by atoms with Crippen LogP contribution in [0.4, 0.5) is 11.6 Å². The number of aromatic nitrogens is 4. The van der Waals surface area contributed by atoms with Crippen molar-refractivity contribution in [2.75, 3.05) is 17.1 Å². The number of sulfonamides is 1. The van der Waals surface area contributed by atoms with Crippen LogP contribution in [0.3, 0.4) is 0 Å². The molecule has 4 aromatic rings. The second-order valence-corrected chi connectivity index (χ2v) is 8.37. The summed E-state index contributed by atoms with van der Waals surface area (Å²) in [5, 5.41) is 3.30. The zero-order valence-electron chi connectivity index (χ0n) is 17.1. The Morgan fingerprint density at radius 3 is 2.42 bits per heavy atom. The van der Waals surface area contributed by atoms with Crippen molar-refractivity contribution in [1.29, 1.82) is 0 Å². The predicted octanol–water partition coefficient (Wildman–Crippen LogP) is 3.27. The monoisotopic (exact) mass is 438 g/mol. The molecule has 0 radical (unpaired) electrons. The third kappa shape index (κ3) is 4.43. The van der Waals surface area contributed by atoms with Gasteiger partial charge in [-0.25, -0.2) is 28.1 Å². The molecule has 0 aliphatic heterocycles. The maximum Gasteiger partial charge on any atom is 0.264 e. The summed E-state index contributed by atoms with van der Waals surface area (Å²) in [6, 6.07) is 14.5. The van der Waals surface area contributed by atoms with Gasteiger partial charge in [0.05, 0.1) is 42.0 Å². The Bertz CT molecular complexity index is 1290. The lowest BCUT2D eigenvalue weighted by Crippen LogP contribution is -2.15. The number of fused-ring (bicyclic) bond motifs is 1. The maximum atomic E-state index is 12.6. The van der Waals surface area contributed by atoms with Crippen molar-refractivity contribution in [2.45, 2.75) is 24.9 Å². The molecular formula is C21H22N6O3S. The largest absolute Gasteiger partial charge is 0.494 e. The van der Waals surface area contributed by atoms with Crippen molar-refractivity contribution in [3.63, 3.8) is 0 Å². The lowest BCUT2D eigenvalue weighted by Gasteiger charge is -2.10. The van der Waals surface area contributed by atoms with Crippen LogP contribution in [0, 0.1) is 0 Å². The highest BCUT2D eigenvalue weighted by molar-refractivity contribution is 7.92. The average molecular weight is 439 g/mol. The Morgan fingerprint density at radius 2 is 1.74 bits per heavy atom. The molecule has 0 atom stereocenters. The zero-order valence-corrected chi connectivity index (χ0v) is 17.9. The first-order valence-electron chi connectivity index (χ1n) is 9.67. The molecule has 0 fully saturated rings. The Morgan fingerprint density at radius 1 is 1.03 bits per heavy atom. The molecule has 4 rings (SSSR count). The van der Waals surface area contributed by atoms with Gasteiger partial charge in [0.1, 0.15) is 5.82 Å². The Labute approximate surface area is 180 Å². The minimum Gasteiger partial charge on any atom is -0.494 e. The van der Waals surface area contributed by atoms with Crippen LogP contribution in [0.15, 0.2) is 65.8 Å². The van der Waals surface area contributed by atoms with Gasteiger partial charge in [0.15, 0.2) is 5.75 Å². The van der Waals surface area contributed by atoms with Gasteiger partial charge in [0.2, 0.25) is 5.95 Å². The Hall–Kier alpha value is -3.66. The number of hydrogen-bond acceptors (Lipinski definition) is 7. The topological polar surface area (TPSA) is 111 Å². The van der Waals surface area contributed by atoms with Crippen LogP contribution in [0.5, 0.6) is 5.75 Å². The molecule has 0 aliphatic rings. The number of benzene rings is 2. The molecule has 0 saturated carbocycles. The summed E-state index contributed by atoms with van der Waals surface area (Å²) in [4.78, 5) is 12.6. The van der Waals surface area contributed by atoms with Crippen molar-refractivity contribution < 1.29 is 13.2 Å². The van der Waals surface area contributed by atoms with Gasteiger partial charge >= 0.3 is 0 Å². The first kappa shape index (κ1) is 20.6. The summed E-state index contributed by atoms with van der Waals surface area (Å²) >= 11 is 0. The number of ether oxygens (including phenoxy) is 1. The molecule has 31 heavy (non-hydrogen) atoms. The van der Waals surface area contributed by atoms with E-state index in [1.807, 2.05) is 18.2 Å². The fourth-order valence-electron chi connectivity index (χ4n) is 3.20. The third-order valence-corrected chi connectivity index (χ3v) is 6.10. The van der Waals surface area contributed by atoms with E-state index in [0.29, 0.717) is 12.3 Å². The van der Waals surface area contributed by atoms with E-state index in [0.717, 1.165) is 29.1 Å². The van der Waals surface area contributed by atoms with Crippen molar-refractivity contribution >= 4 is 32.7 Å². The number of aryl methyl sites for hydroxylation is 1. The van der Waals surface area contributed by atoms with Gasteiger partial charge in [-0.2, -0.15) is 0 Å². The highest BCUT2D eigenvalue weighted by Crippen LogP contribution is 2.20. The van der Waals surface area contributed by atoms with Gasteiger partial charge in [-0.1, -0.05) is 12.1 Å². The van der Waals surface area contributed by atoms with Crippen molar-refractivity contribution in [1.82, 2.24) is 19.5 Å². The summed E-state index contributed by atoms with van der Waals surface area (Å²) < 4.78 is 34.6. The highest BCUT2D eigenvalue weighted by Gasteiger charge is 2.16. The summed E-state index contributed by atoms with van der Waals surface area (Å²) in [6.07, 6.45) is 2.78. The summed E-state index contributed by atoms with van der Waals surface area (Å²) in [7, 11) is -2.32. The molecule has 0 spiro atoms. The summed E-state index contributed by atoms with van der Waals surface area (Å²) in [5.74, 6) is 1.33. The quantitative estimate of drug-likeness (QED) is 0.434. The lowest BCUT2D eigenvalue weighted by atomic mass is 10.3. The fraction of sp³-hybridized carbons (Fsp3) is 0.190. The van der Waals surface area contributed by atoms with Gasteiger partial charge in [-0.05, 0) is 43.3 Å². The van der Waals surface area contributed by atoms with Gasteiger partial charge in [0.25, 0.3) is 10.0 Å². The molecule has 160 valence electrons. The van der Waals surface area contributed by atoms with E-state index in [2.05, 4.69) is 42.5 Å². The number of rotatable bonds is 8. The number of nitrogens with zero attached hydrogens (tertiary/aromatic N) is 4. The normalized spacial score (nSPS) is 11.4. The van der Waals surface area contributed by atoms with Crippen LogP contribution in [0.25, 0.3) is 11.0 Å². The molecule has 9 nitrogen and oxygen atoms in total. The highest BCUT2D eigenvalue weighted by atomic mass is 32.2. The van der Waals surface area contributed by atoms with Crippen LogP contribution < -0.4 is 14.8 Å². The number of para-hydroxylation sites is 2. The molecule has 0 unspecified atom stereocenters. The first-order valence-corrected chi connectivity index (χ1v) is 11.2. The van der Waals surface area contributed by atoms with Crippen LogP contribution in [0.2, 0.25) is 0 Å². The number of hydrogen-bond donors (Lipinski definition) is 2. The standard InChI is InChI=1S/C21H22N6O3S/c1-3-27-19-7-5-4-6-18(19)25-20(27)14-22-15-8-10-17(11-9-15)31(28,29)26-21-23-12-16(30-2)13-24-21/h4-13,22H,3,14H2,1-2H3,(H,23,24,26). The van der Waals surface area contributed by atoms with Crippen LogP contribution in [-0.2, 0) is 23.1 Å². The van der Waals surface area contributed by atoms with Gasteiger partial charge < -0.3 is 14.6 Å². The molecule has 2 heterocycles. The zero-order chi connectivity index (χ0) is 21.8. The van der Waals surface area contributed by atoms with Crippen molar-refractivity contribution in [3.8, 4) is 5.75 Å². The maximum absolute atomic E-state index is 12.6. The molecule has 0 saturated heterocycles. The molecule has 2 aromatic carbocycles. The van der Waals surface area contributed by atoms with E-state index < -0.39 is 10.0 Å². The fourth-order valence-corrected chi connectivity index (χ4v) is 4.16. The van der Waals surface area contributed by atoms with E-state index >= 15 is 0 Å². The number of methoxy groups -OCH3 is 1. The van der Waals surface area contributed by atoms with Crippen LogP contribution in [-0.4, -0.2) is 35.0 Å². The van der Waals surface area contributed by atoms with E-state index in [-0.39, 0.29) is 10.8 Å². The van der Waals surface area contributed by atoms with Crippen molar-refractivity contribution in [3.05, 3.63) is 66.7 Å². The van der Waals surface area contributed by atoms with E-state index in [9.17, 15) is 8.42 Å². The minimum absolute atomic E-state index is 0.0264. The third-order valence-electron chi connectivity index (χ3n) is 4.75. The van der Waals surface area contributed by atoms with E-state index in [1.54, 1.807) is 12.1 Å². The van der Waals surface area contributed by atoms with Crippen molar-refractivity contribution in [2.24, 2.45) is 0 Å². The SMILES string of the molecule is CCn1c(CNc2ccc(S(=O)(=O)Nc3ncc(OC)cn3)cc2)nc2ccccc21. The molecule has 2 aromatic heterocycles. The van der Waals surface area contributed by atoms with Gasteiger partial charge in [-0.15, -0.1) is 0 Å². The molecule has 0 amide bonds. The smallest absolute Gasteiger partial charge is 0.264 e. The second-order valence-electron chi connectivity index (χ2n) is 6.69. The second kappa shape index (κ2) is 8.60. The summed E-state index contributed by atoms with van der Waals surface area (Å²) in [6.45, 7) is 3.41. The number of nitrogens with one attached hydrogen (secondary N) is 2. The summed E-state index contributed by atoms with van der Waals surface area (Å²) in [5.41, 5.74) is 2.83. The predicted molar refractivity (Wildman–Crippen MR) is 119 cm³/mol. The van der Waals surface area contributed by atoms with Crippen LogP contribution >= 0.6 is 0 Å². The Kier molecular flexibility index (Phi) is 5.72. The van der Waals surface area contributed by atoms with E-state index in [1.165, 1.54) is 31.6 Å². The number of imidazole rings is 1. The molecule has 10 heteroatoms. The van der Waals surface area contributed by atoms with Gasteiger partial charge in [-0.3, -0.25) is 0 Å². The average Bonchev–Trinajstić information content (AvgIpc) is 3.15. The van der Waals surface area contributed by atoms with E-state index in [4.69, 9.17) is 4.74 Å². The molecule has 0 aliphatic carbocycles.